The van der Waals surface area contributed by atoms with Crippen LogP contribution in [0, 0.1) is 0 Å². The van der Waals surface area contributed by atoms with Crippen LogP contribution in [-0.2, 0) is 9.47 Å². The first-order valence-corrected chi connectivity index (χ1v) is 7.92. The largest absolute Gasteiger partial charge is 0.477 e. The maximum absolute atomic E-state index is 11.7. The van der Waals surface area contributed by atoms with Gasteiger partial charge in [0.15, 0.2) is 17.1 Å². The molecule has 8 heteroatoms. The molecule has 128 valence electrons. The van der Waals surface area contributed by atoms with Gasteiger partial charge >= 0.3 is 5.97 Å². The van der Waals surface area contributed by atoms with Gasteiger partial charge in [-0.25, -0.2) is 4.79 Å². The van der Waals surface area contributed by atoms with Gasteiger partial charge < -0.3 is 24.4 Å². The SMILES string of the molecule is CCO[C@H]1COC[C@@H]1Nc1noc(-c2ccc(Cl)cc2)c1C(=O)O. The normalized spacial score (nSPS) is 20.2. The van der Waals surface area contributed by atoms with Crippen LogP contribution in [0.2, 0.25) is 5.02 Å². The van der Waals surface area contributed by atoms with E-state index in [9.17, 15) is 9.90 Å². The van der Waals surface area contributed by atoms with E-state index in [0.29, 0.717) is 30.4 Å². The van der Waals surface area contributed by atoms with E-state index in [0.717, 1.165) is 0 Å². The lowest BCUT2D eigenvalue weighted by Gasteiger charge is -2.18. The lowest BCUT2D eigenvalue weighted by atomic mass is 10.1. The van der Waals surface area contributed by atoms with Crippen molar-refractivity contribution in [3.63, 3.8) is 0 Å². The number of ether oxygens (including phenoxy) is 2. The van der Waals surface area contributed by atoms with Crippen LogP contribution in [0.15, 0.2) is 28.8 Å². The Morgan fingerprint density at radius 2 is 2.17 bits per heavy atom. The van der Waals surface area contributed by atoms with Gasteiger partial charge in [-0.2, -0.15) is 0 Å². The van der Waals surface area contributed by atoms with Crippen LogP contribution in [0.25, 0.3) is 11.3 Å². The van der Waals surface area contributed by atoms with Crippen LogP contribution in [-0.4, -0.2) is 48.2 Å². The quantitative estimate of drug-likeness (QED) is 0.825. The van der Waals surface area contributed by atoms with E-state index in [1.54, 1.807) is 24.3 Å². The number of carbonyl (C=O) groups is 1. The summed E-state index contributed by atoms with van der Waals surface area (Å²) in [5, 5.41) is 17.1. The van der Waals surface area contributed by atoms with E-state index in [1.165, 1.54) is 0 Å². The van der Waals surface area contributed by atoms with E-state index >= 15 is 0 Å². The number of hydrogen-bond donors (Lipinski definition) is 2. The van der Waals surface area contributed by atoms with Crippen molar-refractivity contribution >= 4 is 23.4 Å². The minimum atomic E-state index is -1.13. The Bertz CT molecular complexity index is 716. The van der Waals surface area contributed by atoms with Crippen molar-refractivity contribution in [1.82, 2.24) is 5.16 Å². The lowest BCUT2D eigenvalue weighted by molar-refractivity contribution is 0.0477. The summed E-state index contributed by atoms with van der Waals surface area (Å²) < 4.78 is 16.2. The molecule has 1 aliphatic rings. The van der Waals surface area contributed by atoms with Gasteiger partial charge in [-0.1, -0.05) is 16.8 Å². The second kappa shape index (κ2) is 7.21. The first-order valence-electron chi connectivity index (χ1n) is 7.55. The molecule has 2 N–H and O–H groups in total. The molecule has 2 atom stereocenters. The molecule has 7 nitrogen and oxygen atoms in total. The summed E-state index contributed by atoms with van der Waals surface area (Å²) in [4.78, 5) is 11.7. The predicted molar refractivity (Wildman–Crippen MR) is 87.6 cm³/mol. The number of halogens is 1. The summed E-state index contributed by atoms with van der Waals surface area (Å²) >= 11 is 5.86. The van der Waals surface area contributed by atoms with Crippen molar-refractivity contribution in [3.05, 3.63) is 34.9 Å². The van der Waals surface area contributed by atoms with Crippen molar-refractivity contribution in [2.24, 2.45) is 0 Å². The van der Waals surface area contributed by atoms with Crippen LogP contribution in [0.3, 0.4) is 0 Å². The number of benzene rings is 1. The molecule has 0 saturated carbocycles. The monoisotopic (exact) mass is 352 g/mol. The van der Waals surface area contributed by atoms with Crippen LogP contribution in [0.1, 0.15) is 17.3 Å². The molecular weight excluding hydrogens is 336 g/mol. The zero-order chi connectivity index (χ0) is 17.1. The Balaban J connectivity index is 1.89. The number of carboxylic acids is 1. The molecule has 1 aromatic heterocycles. The molecule has 0 unspecified atom stereocenters. The fraction of sp³-hybridized carbons (Fsp3) is 0.375. The number of rotatable bonds is 6. The average molecular weight is 353 g/mol. The van der Waals surface area contributed by atoms with Gasteiger partial charge in [0.2, 0.25) is 0 Å². The second-order valence-corrected chi connectivity index (χ2v) is 5.77. The first-order chi connectivity index (χ1) is 11.6. The third kappa shape index (κ3) is 3.38. The second-order valence-electron chi connectivity index (χ2n) is 5.33. The molecule has 0 spiro atoms. The number of nitrogens with zero attached hydrogens (tertiary/aromatic N) is 1. The zero-order valence-corrected chi connectivity index (χ0v) is 13.7. The van der Waals surface area contributed by atoms with E-state index in [2.05, 4.69) is 10.5 Å². The fourth-order valence-corrected chi connectivity index (χ4v) is 2.73. The van der Waals surface area contributed by atoms with Gasteiger partial charge in [-0.3, -0.25) is 0 Å². The number of aromatic carboxylic acids is 1. The summed E-state index contributed by atoms with van der Waals surface area (Å²) in [6, 6.07) is 6.50. The van der Waals surface area contributed by atoms with Crippen LogP contribution in [0.5, 0.6) is 0 Å². The minimum absolute atomic E-state index is 0.0283. The molecule has 1 aliphatic heterocycles. The van der Waals surface area contributed by atoms with Gasteiger partial charge in [-0.15, -0.1) is 0 Å². The van der Waals surface area contributed by atoms with Crippen LogP contribution < -0.4 is 5.32 Å². The molecule has 2 aromatic rings. The number of nitrogens with one attached hydrogen (secondary N) is 1. The van der Waals surface area contributed by atoms with Crippen molar-refractivity contribution in [1.29, 1.82) is 0 Å². The maximum atomic E-state index is 11.7. The molecule has 0 amide bonds. The van der Waals surface area contributed by atoms with Crippen LogP contribution >= 0.6 is 11.6 Å². The highest BCUT2D eigenvalue weighted by molar-refractivity contribution is 6.30. The molecule has 0 bridgehead atoms. The first kappa shape index (κ1) is 16.8. The van der Waals surface area contributed by atoms with E-state index in [-0.39, 0.29) is 29.3 Å². The van der Waals surface area contributed by atoms with E-state index in [1.807, 2.05) is 6.92 Å². The molecule has 1 fully saturated rings. The molecule has 3 rings (SSSR count). The average Bonchev–Trinajstić information content (AvgIpc) is 3.16. The molecule has 24 heavy (non-hydrogen) atoms. The van der Waals surface area contributed by atoms with Crippen molar-refractivity contribution in [3.8, 4) is 11.3 Å². The van der Waals surface area contributed by atoms with Crippen molar-refractivity contribution < 1.29 is 23.9 Å². The summed E-state index contributed by atoms with van der Waals surface area (Å²) in [7, 11) is 0. The molecule has 1 saturated heterocycles. The summed E-state index contributed by atoms with van der Waals surface area (Å²) in [5.74, 6) is -0.795. The number of carboxylic acid groups (broad SMARTS) is 1. The summed E-state index contributed by atoms with van der Waals surface area (Å²) in [6.45, 7) is 3.31. The minimum Gasteiger partial charge on any atom is -0.477 e. The smallest absolute Gasteiger partial charge is 0.343 e. The Morgan fingerprint density at radius 3 is 2.83 bits per heavy atom. The summed E-state index contributed by atoms with van der Waals surface area (Å²) in [6.07, 6.45) is -0.160. The Kier molecular flexibility index (Phi) is 5.03. The molecule has 2 heterocycles. The third-order valence-corrected chi connectivity index (χ3v) is 4.00. The van der Waals surface area contributed by atoms with Crippen LogP contribution in [0.4, 0.5) is 5.82 Å². The molecule has 0 aliphatic carbocycles. The highest BCUT2D eigenvalue weighted by Crippen LogP contribution is 2.31. The van der Waals surface area contributed by atoms with Gasteiger partial charge in [0.25, 0.3) is 0 Å². The predicted octanol–water partition coefficient (Wildman–Crippen LogP) is 2.91. The zero-order valence-electron chi connectivity index (χ0n) is 13.0. The van der Waals surface area contributed by atoms with Crippen molar-refractivity contribution in [2.45, 2.75) is 19.1 Å². The van der Waals surface area contributed by atoms with Gasteiger partial charge in [0, 0.05) is 17.2 Å². The van der Waals surface area contributed by atoms with E-state index < -0.39 is 5.97 Å². The lowest BCUT2D eigenvalue weighted by Crippen LogP contribution is -2.34. The highest BCUT2D eigenvalue weighted by Gasteiger charge is 2.32. The summed E-state index contributed by atoms with van der Waals surface area (Å²) in [5.41, 5.74) is 0.556. The number of hydrogen-bond acceptors (Lipinski definition) is 6. The van der Waals surface area contributed by atoms with E-state index in [4.69, 9.17) is 25.6 Å². The number of aromatic nitrogens is 1. The Labute approximate surface area is 143 Å². The third-order valence-electron chi connectivity index (χ3n) is 3.74. The highest BCUT2D eigenvalue weighted by atomic mass is 35.5. The molecule has 0 radical (unpaired) electrons. The van der Waals surface area contributed by atoms with Gasteiger partial charge in [0.05, 0.1) is 19.3 Å². The fourth-order valence-electron chi connectivity index (χ4n) is 2.61. The maximum Gasteiger partial charge on any atom is 0.343 e. The Morgan fingerprint density at radius 1 is 1.42 bits per heavy atom. The topological polar surface area (TPSA) is 93.8 Å². The van der Waals surface area contributed by atoms with Gasteiger partial charge in [-0.05, 0) is 31.2 Å². The van der Waals surface area contributed by atoms with Crippen molar-refractivity contribution in [2.75, 3.05) is 25.1 Å². The number of anilines is 1. The Hall–Kier alpha value is -2.09. The molecule has 1 aromatic carbocycles. The van der Waals surface area contributed by atoms with Gasteiger partial charge in [0.1, 0.15) is 6.10 Å². The molecular formula is C16H17ClN2O5. The standard InChI is InChI=1S/C16H17ClN2O5/c1-2-23-12-8-22-7-11(12)18-15-13(16(20)21)14(24-19-15)9-3-5-10(17)6-4-9/h3-6,11-12H,2,7-8H2,1H3,(H,18,19)(H,20,21)/t11-,12-/m0/s1.